The summed E-state index contributed by atoms with van der Waals surface area (Å²) in [6.45, 7) is 3.72. The number of sulfonamides is 1. The summed E-state index contributed by atoms with van der Waals surface area (Å²) in [6.07, 6.45) is 0. The molecule has 0 unspecified atom stereocenters. The summed E-state index contributed by atoms with van der Waals surface area (Å²) < 4.78 is 37.2. The summed E-state index contributed by atoms with van der Waals surface area (Å²) in [5, 5.41) is 0. The molecule has 0 heterocycles. The molecule has 2 aromatic carbocycles. The minimum atomic E-state index is -3.94. The molecule has 0 aliphatic heterocycles. The quantitative estimate of drug-likeness (QED) is 0.707. The fourth-order valence-corrected chi connectivity index (χ4v) is 3.80. The van der Waals surface area contributed by atoms with Crippen LogP contribution in [0.3, 0.4) is 0 Å². The number of rotatable bonds is 7. The number of ether oxygens (including phenoxy) is 2. The van der Waals surface area contributed by atoms with Gasteiger partial charge in [0.1, 0.15) is 12.3 Å². The molecule has 0 amide bonds. The third-order valence-corrected chi connectivity index (χ3v) is 5.38. The molecule has 0 saturated heterocycles. The van der Waals surface area contributed by atoms with Crippen LogP contribution in [-0.4, -0.2) is 34.6 Å². The minimum absolute atomic E-state index is 0.0723. The van der Waals surface area contributed by atoms with Gasteiger partial charge >= 0.3 is 5.97 Å². The van der Waals surface area contributed by atoms with Crippen LogP contribution in [0.25, 0.3) is 0 Å². The van der Waals surface area contributed by atoms with Gasteiger partial charge in [0.15, 0.2) is 0 Å². The monoisotopic (exact) mass is 363 g/mol. The lowest BCUT2D eigenvalue weighted by Gasteiger charge is -2.25. The van der Waals surface area contributed by atoms with E-state index < -0.39 is 22.5 Å². The van der Waals surface area contributed by atoms with Crippen LogP contribution in [0, 0.1) is 6.92 Å². The second-order valence-electron chi connectivity index (χ2n) is 5.28. The largest absolute Gasteiger partial charge is 0.494 e. The maximum atomic E-state index is 13.1. The van der Waals surface area contributed by atoms with Gasteiger partial charge in [-0.15, -0.1) is 0 Å². The van der Waals surface area contributed by atoms with Gasteiger partial charge in [-0.05, 0) is 49.7 Å². The van der Waals surface area contributed by atoms with Crippen molar-refractivity contribution < 1.29 is 22.7 Å². The van der Waals surface area contributed by atoms with Crippen molar-refractivity contribution in [2.24, 2.45) is 0 Å². The molecule has 2 aromatic rings. The van der Waals surface area contributed by atoms with E-state index in [9.17, 15) is 13.2 Å². The van der Waals surface area contributed by atoms with Gasteiger partial charge in [-0.3, -0.25) is 9.10 Å². The number of para-hydroxylation sites is 1. The highest BCUT2D eigenvalue weighted by Crippen LogP contribution is 2.27. The fourth-order valence-electron chi connectivity index (χ4n) is 2.33. The van der Waals surface area contributed by atoms with Crippen LogP contribution in [0.1, 0.15) is 12.5 Å². The number of hydrogen-bond donors (Lipinski definition) is 0. The second kappa shape index (κ2) is 8.02. The first-order valence-electron chi connectivity index (χ1n) is 7.78. The maximum Gasteiger partial charge on any atom is 0.326 e. The fraction of sp³-hybridized carbons (Fsp3) is 0.278. The Bertz CT molecular complexity index is 831. The van der Waals surface area contributed by atoms with Gasteiger partial charge in [-0.2, -0.15) is 0 Å². The molecule has 0 bridgehead atoms. The Morgan fingerprint density at radius 1 is 1.08 bits per heavy atom. The number of methoxy groups -OCH3 is 1. The molecular formula is C18H21NO5S. The Kier molecular flexibility index (Phi) is 6.03. The van der Waals surface area contributed by atoms with Gasteiger partial charge in [-0.1, -0.05) is 18.2 Å². The van der Waals surface area contributed by atoms with Crippen molar-refractivity contribution in [3.05, 3.63) is 54.1 Å². The number of carbonyl (C=O) groups excluding carboxylic acids is 1. The Hall–Kier alpha value is -2.54. The Balaban J connectivity index is 2.47. The van der Waals surface area contributed by atoms with Crippen molar-refractivity contribution in [1.82, 2.24) is 0 Å². The molecule has 0 saturated carbocycles. The van der Waals surface area contributed by atoms with Crippen LogP contribution in [-0.2, 0) is 19.6 Å². The molecule has 134 valence electrons. The molecule has 0 aromatic heterocycles. The zero-order valence-electron chi connectivity index (χ0n) is 14.4. The van der Waals surface area contributed by atoms with Crippen LogP contribution >= 0.6 is 0 Å². The first-order chi connectivity index (χ1) is 11.9. The summed E-state index contributed by atoms with van der Waals surface area (Å²) in [7, 11) is -2.71. The molecule has 25 heavy (non-hydrogen) atoms. The smallest absolute Gasteiger partial charge is 0.326 e. The van der Waals surface area contributed by atoms with E-state index in [1.165, 1.54) is 19.2 Å². The minimum Gasteiger partial charge on any atom is -0.494 e. The predicted molar refractivity (Wildman–Crippen MR) is 95.3 cm³/mol. The number of benzene rings is 2. The van der Waals surface area contributed by atoms with Crippen molar-refractivity contribution in [3.8, 4) is 5.75 Å². The summed E-state index contributed by atoms with van der Waals surface area (Å²) in [5.41, 5.74) is 1.17. The number of carbonyl (C=O) groups is 1. The van der Waals surface area contributed by atoms with Gasteiger partial charge in [0.2, 0.25) is 0 Å². The molecule has 0 radical (unpaired) electrons. The highest BCUT2D eigenvalue weighted by molar-refractivity contribution is 7.92. The number of esters is 1. The van der Waals surface area contributed by atoms with Gasteiger partial charge in [0.25, 0.3) is 10.0 Å². The molecule has 0 N–H and O–H groups in total. The summed E-state index contributed by atoms with van der Waals surface area (Å²) in [5.74, 6) is -0.0605. The molecular weight excluding hydrogens is 342 g/mol. The van der Waals surface area contributed by atoms with E-state index in [-0.39, 0.29) is 4.90 Å². The van der Waals surface area contributed by atoms with E-state index in [1.807, 2.05) is 6.92 Å². The van der Waals surface area contributed by atoms with Gasteiger partial charge in [-0.25, -0.2) is 8.42 Å². The lowest BCUT2D eigenvalue weighted by molar-refractivity contribution is -0.138. The van der Waals surface area contributed by atoms with Gasteiger partial charge in [0, 0.05) is 0 Å². The molecule has 0 spiro atoms. The average Bonchev–Trinajstić information content (AvgIpc) is 2.61. The van der Waals surface area contributed by atoms with Crippen molar-refractivity contribution in [2.75, 3.05) is 24.6 Å². The second-order valence-corrected chi connectivity index (χ2v) is 7.14. The first-order valence-corrected chi connectivity index (χ1v) is 9.22. The van der Waals surface area contributed by atoms with Crippen LogP contribution in [0.5, 0.6) is 5.75 Å². The number of hydrogen-bond acceptors (Lipinski definition) is 5. The van der Waals surface area contributed by atoms with Crippen LogP contribution in [0.15, 0.2) is 53.4 Å². The summed E-state index contributed by atoms with van der Waals surface area (Å²) in [6, 6.07) is 13.1. The Morgan fingerprint density at radius 2 is 1.72 bits per heavy atom. The maximum absolute atomic E-state index is 13.1. The van der Waals surface area contributed by atoms with E-state index in [0.29, 0.717) is 18.0 Å². The van der Waals surface area contributed by atoms with Gasteiger partial charge < -0.3 is 9.47 Å². The van der Waals surface area contributed by atoms with E-state index >= 15 is 0 Å². The summed E-state index contributed by atoms with van der Waals surface area (Å²) in [4.78, 5) is 11.8. The standard InChI is InChI=1S/C18H21NO5S/c1-4-24-15-9-11-16(12-10-15)25(21,22)19(13-18(20)23-3)17-8-6-5-7-14(17)2/h5-12H,4,13H2,1-3H3. The van der Waals surface area contributed by atoms with Crippen LogP contribution < -0.4 is 9.04 Å². The molecule has 2 rings (SSSR count). The lowest BCUT2D eigenvalue weighted by atomic mass is 10.2. The molecule has 0 aliphatic rings. The topological polar surface area (TPSA) is 72.9 Å². The number of aryl methyl sites for hydroxylation is 1. The molecule has 6 nitrogen and oxygen atoms in total. The van der Waals surface area contributed by atoms with Crippen molar-refractivity contribution in [2.45, 2.75) is 18.7 Å². The third kappa shape index (κ3) is 4.30. The van der Waals surface area contributed by atoms with E-state index in [0.717, 1.165) is 9.87 Å². The highest BCUT2D eigenvalue weighted by atomic mass is 32.2. The Morgan fingerprint density at radius 3 is 2.28 bits per heavy atom. The molecule has 0 aliphatic carbocycles. The van der Waals surface area contributed by atoms with E-state index in [2.05, 4.69) is 4.74 Å². The normalized spacial score (nSPS) is 11.0. The van der Waals surface area contributed by atoms with E-state index in [1.54, 1.807) is 43.3 Å². The first kappa shape index (κ1) is 18.8. The number of nitrogens with zero attached hydrogens (tertiary/aromatic N) is 1. The van der Waals surface area contributed by atoms with Crippen LogP contribution in [0.4, 0.5) is 5.69 Å². The summed E-state index contributed by atoms with van der Waals surface area (Å²) >= 11 is 0. The zero-order chi connectivity index (χ0) is 18.4. The molecule has 0 atom stereocenters. The zero-order valence-corrected chi connectivity index (χ0v) is 15.2. The Labute approximate surface area is 148 Å². The molecule has 0 fully saturated rings. The van der Waals surface area contributed by atoms with Gasteiger partial charge in [0.05, 0.1) is 24.3 Å². The number of anilines is 1. The third-order valence-electron chi connectivity index (χ3n) is 3.61. The van der Waals surface area contributed by atoms with Crippen LogP contribution in [0.2, 0.25) is 0 Å². The lowest BCUT2D eigenvalue weighted by Crippen LogP contribution is -2.36. The average molecular weight is 363 g/mol. The van der Waals surface area contributed by atoms with E-state index in [4.69, 9.17) is 4.74 Å². The van der Waals surface area contributed by atoms with Crippen molar-refractivity contribution >= 4 is 21.7 Å². The molecule has 7 heteroatoms. The van der Waals surface area contributed by atoms with Crippen molar-refractivity contribution in [3.63, 3.8) is 0 Å². The highest BCUT2D eigenvalue weighted by Gasteiger charge is 2.28. The SMILES string of the molecule is CCOc1ccc(S(=O)(=O)N(CC(=O)OC)c2ccccc2C)cc1. The predicted octanol–water partition coefficient (Wildman–Crippen LogP) is 2.76. The van der Waals surface area contributed by atoms with Crippen molar-refractivity contribution in [1.29, 1.82) is 0 Å².